The number of aliphatic hydroxyl groups is 1. The van der Waals surface area contributed by atoms with Gasteiger partial charge in [-0.25, -0.2) is 0 Å². The first-order valence-corrected chi connectivity index (χ1v) is 6.76. The smallest absolute Gasteiger partial charge is 0.263 e. The maximum atomic E-state index is 12.2. The van der Waals surface area contributed by atoms with Crippen LogP contribution in [0.1, 0.15) is 25.3 Å². The number of likely N-dealkylation sites (tertiary alicyclic amines) is 1. The largest absolute Gasteiger partial charge is 0.481 e. The number of carbonyl (C=O) groups excluding carboxylic acids is 1. The lowest BCUT2D eigenvalue weighted by molar-refractivity contribution is -0.139. The highest BCUT2D eigenvalue weighted by Crippen LogP contribution is 2.16. The van der Waals surface area contributed by atoms with Crippen LogP contribution in [0.3, 0.4) is 0 Å². The number of benzene rings is 1. The summed E-state index contributed by atoms with van der Waals surface area (Å²) in [4.78, 5) is 14.0. The molecule has 4 heteroatoms. The first kappa shape index (κ1) is 13.9. The van der Waals surface area contributed by atoms with E-state index in [4.69, 9.17) is 4.74 Å². The zero-order valence-electron chi connectivity index (χ0n) is 11.5. The number of carbonyl (C=O) groups is 1. The zero-order chi connectivity index (χ0) is 13.8. The Bertz CT molecular complexity index is 422. The van der Waals surface area contributed by atoms with Gasteiger partial charge in [0.05, 0.1) is 6.10 Å². The second kappa shape index (κ2) is 6.06. The van der Waals surface area contributed by atoms with Crippen molar-refractivity contribution in [1.82, 2.24) is 4.90 Å². The molecular formula is C15H21NO3. The Kier molecular flexibility index (Phi) is 4.43. The minimum absolute atomic E-state index is 0.00697. The second-order valence-electron chi connectivity index (χ2n) is 5.13. The van der Waals surface area contributed by atoms with Gasteiger partial charge in [0.1, 0.15) is 5.75 Å². The van der Waals surface area contributed by atoms with Crippen molar-refractivity contribution in [2.24, 2.45) is 0 Å². The quantitative estimate of drug-likeness (QED) is 0.903. The van der Waals surface area contributed by atoms with Crippen molar-refractivity contribution in [2.45, 2.75) is 38.9 Å². The summed E-state index contributed by atoms with van der Waals surface area (Å²) in [5.41, 5.74) is 1.16. The van der Waals surface area contributed by atoms with Gasteiger partial charge in [0.25, 0.3) is 5.91 Å². The van der Waals surface area contributed by atoms with E-state index in [0.29, 0.717) is 31.7 Å². The molecule has 2 rings (SSSR count). The fourth-order valence-electron chi connectivity index (χ4n) is 2.21. The van der Waals surface area contributed by atoms with Crippen LogP contribution in [0.5, 0.6) is 5.75 Å². The third kappa shape index (κ3) is 3.70. The molecule has 1 saturated heterocycles. The van der Waals surface area contributed by atoms with Crippen LogP contribution in [0.2, 0.25) is 0 Å². The predicted octanol–water partition coefficient (Wildman–Crippen LogP) is 1.75. The normalized spacial score (nSPS) is 18.2. The van der Waals surface area contributed by atoms with Crippen LogP contribution in [0.25, 0.3) is 0 Å². The molecule has 1 N–H and O–H groups in total. The van der Waals surface area contributed by atoms with Crippen molar-refractivity contribution in [3.63, 3.8) is 0 Å². The van der Waals surface area contributed by atoms with Crippen LogP contribution in [-0.2, 0) is 4.79 Å². The summed E-state index contributed by atoms with van der Waals surface area (Å²) in [6, 6.07) is 7.67. The minimum Gasteiger partial charge on any atom is -0.481 e. The molecule has 19 heavy (non-hydrogen) atoms. The number of aryl methyl sites for hydroxylation is 1. The van der Waals surface area contributed by atoms with Crippen molar-refractivity contribution in [3.05, 3.63) is 29.8 Å². The molecule has 1 amide bonds. The van der Waals surface area contributed by atoms with Gasteiger partial charge < -0.3 is 14.7 Å². The van der Waals surface area contributed by atoms with E-state index in [-0.39, 0.29) is 12.0 Å². The van der Waals surface area contributed by atoms with E-state index >= 15 is 0 Å². The Morgan fingerprint density at radius 2 is 1.89 bits per heavy atom. The fraction of sp³-hybridized carbons (Fsp3) is 0.533. The molecule has 1 aliphatic rings. The van der Waals surface area contributed by atoms with Gasteiger partial charge in [-0.2, -0.15) is 0 Å². The SMILES string of the molecule is Cc1ccc(OC(C)C(=O)N2CCC(O)CC2)cc1. The average Bonchev–Trinajstić information content (AvgIpc) is 2.41. The van der Waals surface area contributed by atoms with Crippen molar-refractivity contribution in [2.75, 3.05) is 13.1 Å². The second-order valence-corrected chi connectivity index (χ2v) is 5.13. The van der Waals surface area contributed by atoms with Gasteiger partial charge in [0, 0.05) is 13.1 Å². The van der Waals surface area contributed by atoms with Gasteiger partial charge in [-0.05, 0) is 38.8 Å². The molecule has 1 fully saturated rings. The maximum absolute atomic E-state index is 12.2. The lowest BCUT2D eigenvalue weighted by Crippen LogP contribution is -2.45. The topological polar surface area (TPSA) is 49.8 Å². The van der Waals surface area contributed by atoms with Gasteiger partial charge in [-0.3, -0.25) is 4.79 Å². The molecule has 4 nitrogen and oxygen atoms in total. The van der Waals surface area contributed by atoms with Crippen LogP contribution >= 0.6 is 0 Å². The summed E-state index contributed by atoms with van der Waals surface area (Å²) >= 11 is 0. The Labute approximate surface area is 114 Å². The molecule has 0 saturated carbocycles. The lowest BCUT2D eigenvalue weighted by atomic mass is 10.1. The molecule has 1 aromatic carbocycles. The summed E-state index contributed by atoms with van der Waals surface area (Å²) in [5.74, 6) is 0.705. The summed E-state index contributed by atoms with van der Waals surface area (Å²) in [6.07, 6.45) is 0.557. The number of amides is 1. The molecule has 0 spiro atoms. The summed E-state index contributed by atoms with van der Waals surface area (Å²) in [5, 5.41) is 9.44. The highest BCUT2D eigenvalue weighted by molar-refractivity contribution is 5.81. The number of hydrogen-bond acceptors (Lipinski definition) is 3. The van der Waals surface area contributed by atoms with Crippen molar-refractivity contribution < 1.29 is 14.6 Å². The van der Waals surface area contributed by atoms with E-state index in [1.165, 1.54) is 0 Å². The van der Waals surface area contributed by atoms with Crippen LogP contribution in [0, 0.1) is 6.92 Å². The van der Waals surface area contributed by atoms with E-state index in [2.05, 4.69) is 0 Å². The standard InChI is InChI=1S/C15H21NO3/c1-11-3-5-14(6-4-11)19-12(2)15(18)16-9-7-13(17)8-10-16/h3-6,12-13,17H,7-10H2,1-2H3. The van der Waals surface area contributed by atoms with Crippen LogP contribution < -0.4 is 4.74 Å². The molecule has 1 heterocycles. The minimum atomic E-state index is -0.488. The van der Waals surface area contributed by atoms with Crippen molar-refractivity contribution in [1.29, 1.82) is 0 Å². The van der Waals surface area contributed by atoms with Crippen LogP contribution in [0.15, 0.2) is 24.3 Å². The number of rotatable bonds is 3. The Morgan fingerprint density at radius 1 is 1.32 bits per heavy atom. The van der Waals surface area contributed by atoms with Gasteiger partial charge in [-0.1, -0.05) is 17.7 Å². The molecule has 0 aromatic heterocycles. The van der Waals surface area contributed by atoms with Crippen LogP contribution in [0.4, 0.5) is 0 Å². The lowest BCUT2D eigenvalue weighted by Gasteiger charge is -2.31. The van der Waals surface area contributed by atoms with E-state index in [9.17, 15) is 9.90 Å². The predicted molar refractivity (Wildman–Crippen MR) is 73.1 cm³/mol. The highest BCUT2D eigenvalue weighted by atomic mass is 16.5. The van der Waals surface area contributed by atoms with Gasteiger partial charge >= 0.3 is 0 Å². The van der Waals surface area contributed by atoms with Crippen LogP contribution in [-0.4, -0.2) is 41.2 Å². The van der Waals surface area contributed by atoms with Gasteiger partial charge in [0.2, 0.25) is 0 Å². The monoisotopic (exact) mass is 263 g/mol. The third-order valence-electron chi connectivity index (χ3n) is 3.46. The third-order valence-corrected chi connectivity index (χ3v) is 3.46. The summed E-state index contributed by atoms with van der Waals surface area (Å²) in [7, 11) is 0. The number of aliphatic hydroxyl groups excluding tert-OH is 1. The van der Waals surface area contributed by atoms with E-state index in [1.807, 2.05) is 31.2 Å². The number of hydrogen-bond donors (Lipinski definition) is 1. The molecule has 1 atom stereocenters. The molecule has 104 valence electrons. The molecular weight excluding hydrogens is 242 g/mol. The Hall–Kier alpha value is -1.55. The van der Waals surface area contributed by atoms with E-state index in [1.54, 1.807) is 11.8 Å². The zero-order valence-corrected chi connectivity index (χ0v) is 11.5. The summed E-state index contributed by atoms with van der Waals surface area (Å²) in [6.45, 7) is 5.01. The van der Waals surface area contributed by atoms with E-state index in [0.717, 1.165) is 5.56 Å². The van der Waals surface area contributed by atoms with Gasteiger partial charge in [-0.15, -0.1) is 0 Å². The van der Waals surface area contributed by atoms with Gasteiger partial charge in [0.15, 0.2) is 6.10 Å². The fourth-order valence-corrected chi connectivity index (χ4v) is 2.21. The molecule has 1 aromatic rings. The molecule has 0 bridgehead atoms. The van der Waals surface area contributed by atoms with Crippen molar-refractivity contribution in [3.8, 4) is 5.75 Å². The first-order valence-electron chi connectivity index (χ1n) is 6.76. The van der Waals surface area contributed by atoms with Crippen molar-refractivity contribution >= 4 is 5.91 Å². The number of ether oxygens (including phenoxy) is 1. The summed E-state index contributed by atoms with van der Waals surface area (Å²) < 4.78 is 5.66. The first-order chi connectivity index (χ1) is 9.06. The maximum Gasteiger partial charge on any atom is 0.263 e. The van der Waals surface area contributed by atoms with E-state index < -0.39 is 6.10 Å². The highest BCUT2D eigenvalue weighted by Gasteiger charge is 2.26. The Morgan fingerprint density at radius 3 is 2.47 bits per heavy atom. The molecule has 0 aliphatic carbocycles. The molecule has 0 radical (unpaired) electrons. The number of piperidine rings is 1. The Balaban J connectivity index is 1.90. The molecule has 1 aliphatic heterocycles. The number of nitrogens with zero attached hydrogens (tertiary/aromatic N) is 1. The average molecular weight is 263 g/mol. The molecule has 1 unspecified atom stereocenters.